The van der Waals surface area contributed by atoms with E-state index in [0.29, 0.717) is 61.4 Å². The lowest BCUT2D eigenvalue weighted by molar-refractivity contribution is -0.145. The van der Waals surface area contributed by atoms with Gasteiger partial charge < -0.3 is 19.1 Å². The van der Waals surface area contributed by atoms with E-state index in [9.17, 15) is 14.4 Å². The van der Waals surface area contributed by atoms with Gasteiger partial charge in [0.1, 0.15) is 0 Å². The van der Waals surface area contributed by atoms with Gasteiger partial charge in [-0.15, -0.1) is 11.8 Å². The fourth-order valence-corrected chi connectivity index (χ4v) is 9.79. The monoisotopic (exact) mass is 866 g/mol. The molecule has 0 atom stereocenters. The molecule has 0 bridgehead atoms. The van der Waals surface area contributed by atoms with Crippen molar-refractivity contribution < 1.29 is 28.6 Å². The second-order valence-electron chi connectivity index (χ2n) is 18.7. The smallest absolute Gasteiger partial charge is 0.315 e. The van der Waals surface area contributed by atoms with E-state index in [2.05, 4.69) is 39.6 Å². The Labute approximate surface area is 376 Å². The average Bonchev–Trinajstić information content (AvgIpc) is 3.24. The van der Waals surface area contributed by atoms with Gasteiger partial charge in [-0.25, -0.2) is 0 Å². The zero-order chi connectivity index (χ0) is 43.7. The van der Waals surface area contributed by atoms with Crippen LogP contribution >= 0.6 is 11.8 Å². The Balaban J connectivity index is 2.34. The van der Waals surface area contributed by atoms with Crippen molar-refractivity contribution >= 4 is 29.7 Å². The zero-order valence-corrected chi connectivity index (χ0v) is 41.2. The SMILES string of the molecule is CCCCCC(CCCCC)CCOC(=O)CCCCCCCC(CCCCCCCC(=O)OCCC(CCCCC)CCCCC)COC(=O)CSC1CCN(C)CC1. The molecule has 1 fully saturated rings. The summed E-state index contributed by atoms with van der Waals surface area (Å²) in [6.45, 7) is 13.0. The van der Waals surface area contributed by atoms with Crippen molar-refractivity contribution in [1.29, 1.82) is 0 Å². The number of nitrogens with zero attached hydrogens (tertiary/aromatic N) is 1. The van der Waals surface area contributed by atoms with Gasteiger partial charge >= 0.3 is 17.9 Å². The van der Waals surface area contributed by atoms with E-state index in [1.54, 1.807) is 11.8 Å². The maximum absolute atomic E-state index is 12.7. The first kappa shape index (κ1) is 56.7. The van der Waals surface area contributed by atoms with Crippen molar-refractivity contribution in [2.45, 2.75) is 251 Å². The van der Waals surface area contributed by atoms with Gasteiger partial charge in [-0.3, -0.25) is 14.4 Å². The molecule has 1 saturated heterocycles. The van der Waals surface area contributed by atoms with Crippen molar-refractivity contribution in [2.75, 3.05) is 45.7 Å². The lowest BCUT2D eigenvalue weighted by Gasteiger charge is -2.28. The molecule has 354 valence electrons. The normalized spacial score (nSPS) is 13.8. The number of likely N-dealkylation sites (tertiary alicyclic amines) is 1. The first-order chi connectivity index (χ1) is 29.3. The molecule has 0 unspecified atom stereocenters. The van der Waals surface area contributed by atoms with Gasteiger partial charge in [-0.2, -0.15) is 0 Å². The highest BCUT2D eigenvalue weighted by Crippen LogP contribution is 2.25. The van der Waals surface area contributed by atoms with E-state index in [4.69, 9.17) is 14.2 Å². The molecule has 0 radical (unpaired) electrons. The number of hydrogen-bond donors (Lipinski definition) is 0. The molecular formula is C52H99NO6S. The predicted molar refractivity (Wildman–Crippen MR) is 257 cm³/mol. The molecule has 0 aromatic carbocycles. The molecular weight excluding hydrogens is 767 g/mol. The van der Waals surface area contributed by atoms with Crippen molar-refractivity contribution in [3.8, 4) is 0 Å². The van der Waals surface area contributed by atoms with Crippen LogP contribution in [0.3, 0.4) is 0 Å². The van der Waals surface area contributed by atoms with Gasteiger partial charge in [0.15, 0.2) is 0 Å². The first-order valence-corrected chi connectivity index (χ1v) is 27.1. The first-order valence-electron chi connectivity index (χ1n) is 26.1. The van der Waals surface area contributed by atoms with E-state index >= 15 is 0 Å². The van der Waals surface area contributed by atoms with Gasteiger partial charge in [0.2, 0.25) is 0 Å². The van der Waals surface area contributed by atoms with Crippen molar-refractivity contribution in [1.82, 2.24) is 4.90 Å². The maximum Gasteiger partial charge on any atom is 0.315 e. The van der Waals surface area contributed by atoms with Crippen LogP contribution in [0.25, 0.3) is 0 Å². The Morgan fingerprint density at radius 3 is 1.25 bits per heavy atom. The predicted octanol–water partition coefficient (Wildman–Crippen LogP) is 14.9. The topological polar surface area (TPSA) is 82.1 Å². The van der Waals surface area contributed by atoms with Crippen LogP contribution in [0.15, 0.2) is 0 Å². The van der Waals surface area contributed by atoms with Crippen LogP contribution in [0.2, 0.25) is 0 Å². The molecule has 0 aliphatic carbocycles. The number of carbonyl (C=O) groups excluding carboxylic acids is 3. The van der Waals surface area contributed by atoms with Crippen LogP contribution in [0.4, 0.5) is 0 Å². The number of rotatable bonds is 43. The fraction of sp³-hybridized carbons (Fsp3) is 0.942. The minimum Gasteiger partial charge on any atom is -0.466 e. The van der Waals surface area contributed by atoms with Gasteiger partial charge in [0.05, 0.1) is 25.6 Å². The molecule has 8 heteroatoms. The lowest BCUT2D eigenvalue weighted by atomic mass is 9.92. The summed E-state index contributed by atoms with van der Waals surface area (Å²) in [7, 11) is 2.17. The average molecular weight is 866 g/mol. The second-order valence-corrected chi connectivity index (χ2v) is 20.0. The van der Waals surface area contributed by atoms with Gasteiger partial charge in [-0.1, -0.05) is 182 Å². The highest BCUT2D eigenvalue weighted by atomic mass is 32.2. The molecule has 0 aromatic heterocycles. The molecule has 1 aliphatic rings. The molecule has 7 nitrogen and oxygen atoms in total. The summed E-state index contributed by atoms with van der Waals surface area (Å²) in [6.07, 6.45) is 38.8. The summed E-state index contributed by atoms with van der Waals surface area (Å²) in [4.78, 5) is 40.0. The molecule has 1 heterocycles. The van der Waals surface area contributed by atoms with E-state index in [0.717, 1.165) is 116 Å². The largest absolute Gasteiger partial charge is 0.466 e. The highest BCUT2D eigenvalue weighted by molar-refractivity contribution is 8.00. The van der Waals surface area contributed by atoms with Gasteiger partial charge in [0, 0.05) is 18.1 Å². The third-order valence-electron chi connectivity index (χ3n) is 13.0. The third-order valence-corrected chi connectivity index (χ3v) is 14.4. The maximum atomic E-state index is 12.7. The number of hydrogen-bond acceptors (Lipinski definition) is 8. The van der Waals surface area contributed by atoms with Crippen molar-refractivity contribution in [3.63, 3.8) is 0 Å². The molecule has 0 aromatic rings. The number of esters is 3. The summed E-state index contributed by atoms with van der Waals surface area (Å²) < 4.78 is 17.2. The molecule has 0 amide bonds. The molecule has 0 saturated carbocycles. The van der Waals surface area contributed by atoms with Crippen LogP contribution in [-0.4, -0.2) is 73.8 Å². The van der Waals surface area contributed by atoms with Crippen LogP contribution in [-0.2, 0) is 28.6 Å². The van der Waals surface area contributed by atoms with Crippen molar-refractivity contribution in [3.05, 3.63) is 0 Å². The lowest BCUT2D eigenvalue weighted by Crippen LogP contribution is -2.32. The molecule has 1 rings (SSSR count). The third kappa shape index (κ3) is 35.2. The standard InChI is InChI=1S/C52H99NO6S/c1-6-10-20-28-46(29-21-11-7-2)38-42-57-50(54)34-26-18-14-16-24-32-48(44-59-52(56)45-60-49-36-40-53(5)41-37-49)33-25-17-15-19-27-35-51(55)58-43-39-47(30-22-12-8-3)31-23-13-9-4/h46-49H,6-45H2,1-5H3. The van der Waals surface area contributed by atoms with Crippen LogP contribution in [0.1, 0.15) is 246 Å². The minimum atomic E-state index is -0.0605. The summed E-state index contributed by atoms with van der Waals surface area (Å²) in [5.74, 6) is 2.14. The Morgan fingerprint density at radius 2 is 0.833 bits per heavy atom. The number of piperidine rings is 1. The quantitative estimate of drug-likeness (QED) is 0.0341. The molecule has 0 spiro atoms. The molecule has 60 heavy (non-hydrogen) atoms. The van der Waals surface area contributed by atoms with E-state index in [1.165, 1.54) is 103 Å². The summed E-state index contributed by atoms with van der Waals surface area (Å²) in [5.41, 5.74) is 0. The molecule has 1 aliphatic heterocycles. The summed E-state index contributed by atoms with van der Waals surface area (Å²) in [6, 6.07) is 0. The second kappa shape index (κ2) is 41.7. The van der Waals surface area contributed by atoms with Crippen molar-refractivity contribution in [2.24, 2.45) is 17.8 Å². The van der Waals surface area contributed by atoms with Crippen LogP contribution < -0.4 is 0 Å². The van der Waals surface area contributed by atoms with Gasteiger partial charge in [-0.05, 0) is 89.3 Å². The van der Waals surface area contributed by atoms with E-state index in [1.807, 2.05) is 0 Å². The number of carbonyl (C=O) groups is 3. The Kier molecular flexibility index (Phi) is 39.4. The fourth-order valence-electron chi connectivity index (χ4n) is 8.79. The van der Waals surface area contributed by atoms with Crippen LogP contribution in [0, 0.1) is 17.8 Å². The van der Waals surface area contributed by atoms with E-state index < -0.39 is 0 Å². The van der Waals surface area contributed by atoms with Crippen LogP contribution in [0.5, 0.6) is 0 Å². The number of unbranched alkanes of at least 4 members (excludes halogenated alkanes) is 16. The van der Waals surface area contributed by atoms with Gasteiger partial charge in [0.25, 0.3) is 0 Å². The highest BCUT2D eigenvalue weighted by Gasteiger charge is 2.20. The number of thioether (sulfide) groups is 1. The Bertz CT molecular complexity index is 912. The molecule has 0 N–H and O–H groups in total. The summed E-state index contributed by atoms with van der Waals surface area (Å²) in [5, 5.41) is 0.564. The Hall–Kier alpha value is -1.28. The minimum absolute atomic E-state index is 0.0265. The number of ether oxygens (including phenoxy) is 3. The zero-order valence-electron chi connectivity index (χ0n) is 40.4. The summed E-state index contributed by atoms with van der Waals surface area (Å²) >= 11 is 1.78. The van der Waals surface area contributed by atoms with E-state index in [-0.39, 0.29) is 17.9 Å². The Morgan fingerprint density at radius 1 is 0.467 bits per heavy atom.